The Balaban J connectivity index is 1.57. The molecule has 1 N–H and O–H groups in total. The topological polar surface area (TPSA) is 24.9 Å². The maximum Gasteiger partial charge on any atom is 0.134 e. The molecule has 0 spiro atoms. The molecule has 0 aliphatic carbocycles. The smallest absolute Gasteiger partial charge is 0.134 e. The average molecular weight is 286 g/mol. The predicted molar refractivity (Wildman–Crippen MR) is 85.3 cm³/mol. The normalized spacial score (nSPS) is 10.7. The van der Waals surface area contributed by atoms with Gasteiger partial charge in [-0.2, -0.15) is 0 Å². The zero-order valence-electron chi connectivity index (χ0n) is 10.4. The van der Waals surface area contributed by atoms with Crippen LogP contribution in [0.4, 0.5) is 5.82 Å². The molecular formula is C15H14N2S2. The number of thioether (sulfide) groups is 1. The van der Waals surface area contributed by atoms with E-state index in [0.717, 1.165) is 18.1 Å². The molecule has 1 aromatic carbocycles. The lowest BCUT2D eigenvalue weighted by Crippen LogP contribution is -2.05. The van der Waals surface area contributed by atoms with Gasteiger partial charge in [-0.3, -0.25) is 0 Å². The Morgan fingerprint density at radius 2 is 2.00 bits per heavy atom. The van der Waals surface area contributed by atoms with Gasteiger partial charge in [0.1, 0.15) is 5.82 Å². The van der Waals surface area contributed by atoms with Crippen LogP contribution >= 0.6 is 23.1 Å². The molecule has 0 radical (unpaired) electrons. The largest absolute Gasteiger partial charge is 0.369 e. The molecule has 0 aliphatic rings. The van der Waals surface area contributed by atoms with Crippen LogP contribution in [0.5, 0.6) is 0 Å². The first-order valence-corrected chi connectivity index (χ1v) is 8.04. The fourth-order valence-electron chi connectivity index (χ4n) is 1.89. The third-order valence-corrected chi connectivity index (χ3v) is 4.68. The molecular weight excluding hydrogens is 272 g/mol. The monoisotopic (exact) mass is 286 g/mol. The number of rotatable bonds is 5. The number of nitrogens with zero attached hydrogens (tertiary/aromatic N) is 1. The molecule has 3 aromatic rings. The van der Waals surface area contributed by atoms with Gasteiger partial charge in [0, 0.05) is 33.5 Å². The highest BCUT2D eigenvalue weighted by Crippen LogP contribution is 2.25. The molecule has 96 valence electrons. The van der Waals surface area contributed by atoms with E-state index in [4.69, 9.17) is 0 Å². The maximum absolute atomic E-state index is 4.41. The lowest BCUT2D eigenvalue weighted by atomic mass is 10.3. The molecule has 0 saturated carbocycles. The van der Waals surface area contributed by atoms with Crippen molar-refractivity contribution < 1.29 is 0 Å². The molecule has 19 heavy (non-hydrogen) atoms. The Labute approximate surface area is 120 Å². The van der Waals surface area contributed by atoms with Crippen molar-refractivity contribution in [1.29, 1.82) is 0 Å². The Bertz CT molecular complexity index is 649. The van der Waals surface area contributed by atoms with E-state index in [1.54, 1.807) is 11.3 Å². The fraction of sp³-hybridized carbons (Fsp3) is 0.133. The Hall–Kier alpha value is -1.52. The highest BCUT2D eigenvalue weighted by atomic mass is 32.2. The summed E-state index contributed by atoms with van der Waals surface area (Å²) in [6, 6.07) is 14.7. The summed E-state index contributed by atoms with van der Waals surface area (Å²) in [4.78, 5) is 5.72. The van der Waals surface area contributed by atoms with Gasteiger partial charge >= 0.3 is 0 Å². The van der Waals surface area contributed by atoms with Gasteiger partial charge < -0.3 is 5.32 Å². The number of nitrogens with one attached hydrogen (secondary N) is 1. The van der Waals surface area contributed by atoms with Crippen LogP contribution in [-0.2, 0) is 0 Å². The van der Waals surface area contributed by atoms with E-state index in [1.165, 1.54) is 15.0 Å². The summed E-state index contributed by atoms with van der Waals surface area (Å²) in [5.74, 6) is 2.03. The van der Waals surface area contributed by atoms with Gasteiger partial charge in [0.15, 0.2) is 0 Å². The number of anilines is 1. The van der Waals surface area contributed by atoms with E-state index in [-0.39, 0.29) is 0 Å². The van der Waals surface area contributed by atoms with E-state index < -0.39 is 0 Å². The zero-order valence-corrected chi connectivity index (χ0v) is 12.0. The summed E-state index contributed by atoms with van der Waals surface area (Å²) < 4.78 is 1.29. The second-order valence-electron chi connectivity index (χ2n) is 4.08. The first kappa shape index (κ1) is 12.5. The lowest BCUT2D eigenvalue weighted by Gasteiger charge is -2.06. The second kappa shape index (κ2) is 6.08. The van der Waals surface area contributed by atoms with Gasteiger partial charge in [-0.05, 0) is 29.6 Å². The minimum absolute atomic E-state index is 0.918. The molecule has 0 amide bonds. The lowest BCUT2D eigenvalue weighted by molar-refractivity contribution is 1.18. The number of pyridine rings is 1. The van der Waals surface area contributed by atoms with Gasteiger partial charge in [0.2, 0.25) is 0 Å². The number of fused-ring (bicyclic) bond motifs is 1. The Kier molecular flexibility index (Phi) is 4.01. The maximum atomic E-state index is 4.41. The molecule has 0 aliphatic heterocycles. The number of benzene rings is 1. The minimum Gasteiger partial charge on any atom is -0.369 e. The summed E-state index contributed by atoms with van der Waals surface area (Å²) in [6.07, 6.45) is 1.87. The van der Waals surface area contributed by atoms with E-state index >= 15 is 0 Å². The third-order valence-electron chi connectivity index (χ3n) is 2.79. The molecule has 2 aromatic heterocycles. The molecule has 0 unspecified atom stereocenters. The van der Waals surface area contributed by atoms with Gasteiger partial charge in [0.25, 0.3) is 0 Å². The summed E-state index contributed by atoms with van der Waals surface area (Å²) in [5, 5.41) is 6.75. The summed E-state index contributed by atoms with van der Waals surface area (Å²) >= 11 is 3.61. The third kappa shape index (κ3) is 3.08. The first-order valence-electron chi connectivity index (χ1n) is 6.17. The number of thiophene rings is 1. The van der Waals surface area contributed by atoms with Crippen molar-refractivity contribution in [2.45, 2.75) is 4.90 Å². The average Bonchev–Trinajstić information content (AvgIpc) is 2.94. The Morgan fingerprint density at radius 1 is 1.11 bits per heavy atom. The van der Waals surface area contributed by atoms with E-state index in [2.05, 4.69) is 52.1 Å². The summed E-state index contributed by atoms with van der Waals surface area (Å²) in [7, 11) is 0. The van der Waals surface area contributed by atoms with Crippen molar-refractivity contribution in [3.05, 3.63) is 54.0 Å². The van der Waals surface area contributed by atoms with Crippen LogP contribution in [-0.4, -0.2) is 17.3 Å². The molecule has 0 saturated heterocycles. The molecule has 2 nitrogen and oxygen atoms in total. The van der Waals surface area contributed by atoms with Crippen LogP contribution in [0.3, 0.4) is 0 Å². The van der Waals surface area contributed by atoms with Crippen molar-refractivity contribution >= 4 is 39.0 Å². The van der Waals surface area contributed by atoms with E-state index in [1.807, 2.05) is 24.0 Å². The van der Waals surface area contributed by atoms with Gasteiger partial charge in [-0.25, -0.2) is 4.98 Å². The second-order valence-corrected chi connectivity index (χ2v) is 6.20. The SMILES string of the molecule is c1ccc(SCCNc2nccc3sccc23)cc1. The van der Waals surface area contributed by atoms with E-state index in [0.29, 0.717) is 0 Å². The summed E-state index contributed by atoms with van der Waals surface area (Å²) in [5.41, 5.74) is 0. The predicted octanol–water partition coefficient (Wildman–Crippen LogP) is 4.50. The van der Waals surface area contributed by atoms with Crippen LogP contribution in [0.2, 0.25) is 0 Å². The van der Waals surface area contributed by atoms with Crippen molar-refractivity contribution in [3.8, 4) is 0 Å². The quantitative estimate of drug-likeness (QED) is 0.552. The van der Waals surface area contributed by atoms with Gasteiger partial charge in [-0.15, -0.1) is 23.1 Å². The van der Waals surface area contributed by atoms with Crippen molar-refractivity contribution in [2.24, 2.45) is 0 Å². The standard InChI is InChI=1S/C15H14N2S2/c1-2-4-12(5-3-1)18-11-9-17-15-13-7-10-19-14(13)6-8-16-15/h1-8,10H,9,11H2,(H,16,17). The van der Waals surface area contributed by atoms with Crippen LogP contribution in [0.15, 0.2) is 58.9 Å². The molecule has 3 rings (SSSR count). The van der Waals surface area contributed by atoms with Gasteiger partial charge in [0.05, 0.1) is 0 Å². The fourth-order valence-corrected chi connectivity index (χ4v) is 3.46. The number of aromatic nitrogens is 1. The highest BCUT2D eigenvalue weighted by Gasteiger charge is 2.02. The van der Waals surface area contributed by atoms with Crippen LogP contribution < -0.4 is 5.32 Å². The Morgan fingerprint density at radius 3 is 2.89 bits per heavy atom. The summed E-state index contributed by atoms with van der Waals surface area (Å²) in [6.45, 7) is 0.918. The minimum atomic E-state index is 0.918. The van der Waals surface area contributed by atoms with Crippen molar-refractivity contribution in [1.82, 2.24) is 4.98 Å². The van der Waals surface area contributed by atoms with Gasteiger partial charge in [-0.1, -0.05) is 18.2 Å². The molecule has 0 fully saturated rings. The zero-order chi connectivity index (χ0) is 12.9. The van der Waals surface area contributed by atoms with Crippen LogP contribution in [0.25, 0.3) is 10.1 Å². The number of hydrogen-bond donors (Lipinski definition) is 1. The van der Waals surface area contributed by atoms with E-state index in [9.17, 15) is 0 Å². The van der Waals surface area contributed by atoms with Crippen molar-refractivity contribution in [3.63, 3.8) is 0 Å². The molecule has 2 heterocycles. The van der Waals surface area contributed by atoms with Crippen LogP contribution in [0.1, 0.15) is 0 Å². The van der Waals surface area contributed by atoms with Crippen LogP contribution in [0, 0.1) is 0 Å². The first-order chi connectivity index (χ1) is 9.43. The molecule has 0 atom stereocenters. The van der Waals surface area contributed by atoms with Crippen molar-refractivity contribution in [2.75, 3.05) is 17.6 Å². The highest BCUT2D eigenvalue weighted by molar-refractivity contribution is 7.99. The molecule has 0 bridgehead atoms. The number of hydrogen-bond acceptors (Lipinski definition) is 4. The molecule has 4 heteroatoms.